The van der Waals surface area contributed by atoms with E-state index in [1.54, 1.807) is 24.3 Å². The second kappa shape index (κ2) is 12.6. The fraction of sp³-hybridized carbons (Fsp3) is 0.500. The molecule has 0 amide bonds. The van der Waals surface area contributed by atoms with E-state index in [0.29, 0.717) is 52.9 Å². The van der Waals surface area contributed by atoms with Crippen molar-refractivity contribution < 1.29 is 33.6 Å². The molecule has 0 radical (unpaired) electrons. The second-order valence-corrected chi connectivity index (χ2v) is 7.73. The Hall–Kier alpha value is -2.36. The number of nitrogens with zero attached hydrogens (tertiary/aromatic N) is 1. The number of aromatic nitrogens is 1. The Kier molecular flexibility index (Phi) is 9.58. The van der Waals surface area contributed by atoms with Gasteiger partial charge in [0.1, 0.15) is 0 Å². The van der Waals surface area contributed by atoms with Crippen LogP contribution >= 0.6 is 0 Å². The smallest absolute Gasteiger partial charge is 0.335 e. The zero-order valence-corrected chi connectivity index (χ0v) is 18.6. The van der Waals surface area contributed by atoms with Crippen molar-refractivity contribution >= 4 is 5.97 Å². The third kappa shape index (κ3) is 7.96. The molecule has 1 aliphatic rings. The fourth-order valence-electron chi connectivity index (χ4n) is 3.16. The quantitative estimate of drug-likeness (QED) is 0.752. The van der Waals surface area contributed by atoms with E-state index in [-0.39, 0.29) is 17.8 Å². The maximum absolute atomic E-state index is 11.2. The minimum atomic E-state index is -0.951. The van der Waals surface area contributed by atoms with Crippen LogP contribution in [-0.4, -0.2) is 67.9 Å². The first-order chi connectivity index (χ1) is 15.5. The highest BCUT2D eigenvalue weighted by Gasteiger charge is 2.11. The molecule has 2 aromatic rings. The zero-order valence-electron chi connectivity index (χ0n) is 18.6. The van der Waals surface area contributed by atoms with Crippen LogP contribution in [0.3, 0.4) is 0 Å². The van der Waals surface area contributed by atoms with Gasteiger partial charge < -0.3 is 28.8 Å². The molecule has 8 heteroatoms. The van der Waals surface area contributed by atoms with Gasteiger partial charge in [-0.1, -0.05) is 12.1 Å². The van der Waals surface area contributed by atoms with E-state index >= 15 is 0 Å². The molecule has 0 spiro atoms. The Morgan fingerprint density at radius 2 is 1.31 bits per heavy atom. The number of carboxylic acids is 1. The number of aromatic carboxylic acids is 1. The van der Waals surface area contributed by atoms with E-state index in [9.17, 15) is 4.79 Å². The van der Waals surface area contributed by atoms with Crippen molar-refractivity contribution in [2.45, 2.75) is 39.3 Å². The number of rotatable bonds is 2. The van der Waals surface area contributed by atoms with Crippen molar-refractivity contribution in [3.63, 3.8) is 0 Å². The van der Waals surface area contributed by atoms with E-state index in [4.69, 9.17) is 33.8 Å². The predicted molar refractivity (Wildman–Crippen MR) is 118 cm³/mol. The first-order valence-electron chi connectivity index (χ1n) is 10.8. The lowest BCUT2D eigenvalue weighted by atomic mass is 10.0. The van der Waals surface area contributed by atoms with Gasteiger partial charge in [0.25, 0.3) is 0 Å². The lowest BCUT2D eigenvalue weighted by molar-refractivity contribution is -0.0480. The van der Waals surface area contributed by atoms with Crippen LogP contribution in [0.15, 0.2) is 36.4 Å². The molecule has 0 fully saturated rings. The molecule has 32 heavy (non-hydrogen) atoms. The number of carboxylic acid groups (broad SMARTS) is 1. The van der Waals surface area contributed by atoms with Gasteiger partial charge in [-0.2, -0.15) is 0 Å². The molecule has 0 saturated carbocycles. The summed E-state index contributed by atoms with van der Waals surface area (Å²) in [6.45, 7) is 7.50. The highest BCUT2D eigenvalue weighted by Crippen LogP contribution is 2.23. The van der Waals surface area contributed by atoms with Crippen LogP contribution in [0, 0.1) is 0 Å². The van der Waals surface area contributed by atoms with Crippen molar-refractivity contribution in [1.82, 2.24) is 4.98 Å². The molecular formula is C24H31NO7. The van der Waals surface area contributed by atoms with Crippen LogP contribution in [0.5, 0.6) is 0 Å². The van der Waals surface area contributed by atoms with Crippen molar-refractivity contribution in [3.05, 3.63) is 53.3 Å². The molecule has 0 saturated heterocycles. The second-order valence-electron chi connectivity index (χ2n) is 7.73. The fourth-order valence-corrected chi connectivity index (χ4v) is 3.16. The summed E-state index contributed by atoms with van der Waals surface area (Å²) >= 11 is 0. The zero-order chi connectivity index (χ0) is 22.8. The van der Waals surface area contributed by atoms with Gasteiger partial charge in [-0.15, -0.1) is 0 Å². The molecule has 0 unspecified atom stereocenters. The predicted octanol–water partition coefficient (Wildman–Crippen LogP) is 3.32. The molecule has 2 bridgehead atoms. The number of fused-ring (bicyclic) bond motifs is 2. The van der Waals surface area contributed by atoms with Gasteiger partial charge in [-0.05, 0) is 49.2 Å². The number of carbonyl (C=O) groups is 1. The summed E-state index contributed by atoms with van der Waals surface area (Å²) in [6.07, 6.45) is -0.200. The van der Waals surface area contributed by atoms with E-state index in [2.05, 4.69) is 0 Å². The van der Waals surface area contributed by atoms with Gasteiger partial charge >= 0.3 is 5.97 Å². The number of pyridine rings is 1. The topological polar surface area (TPSA) is 96.3 Å². The molecular weight excluding hydrogens is 414 g/mol. The Bertz CT molecular complexity index is 818. The first-order valence-corrected chi connectivity index (χ1v) is 10.8. The summed E-state index contributed by atoms with van der Waals surface area (Å²) in [5.74, 6) is -0.951. The largest absolute Gasteiger partial charge is 0.478 e. The van der Waals surface area contributed by atoms with Crippen molar-refractivity contribution in [3.8, 4) is 11.1 Å². The SMILES string of the molecule is C[C@H]1COCCOCCOC[C@H](C)OCc2cc(-c3ccc(C(=O)O)cc3)cc(n2)CO1. The monoisotopic (exact) mass is 445 g/mol. The summed E-state index contributed by atoms with van der Waals surface area (Å²) < 4.78 is 28.5. The van der Waals surface area contributed by atoms with Crippen molar-refractivity contribution in [2.75, 3.05) is 39.6 Å². The summed E-state index contributed by atoms with van der Waals surface area (Å²) in [5.41, 5.74) is 3.60. The average Bonchev–Trinajstić information content (AvgIpc) is 2.79. The number of ether oxygens (including phenoxy) is 5. The molecule has 8 nitrogen and oxygen atoms in total. The van der Waals surface area contributed by atoms with E-state index in [0.717, 1.165) is 22.5 Å². The van der Waals surface area contributed by atoms with Crippen LogP contribution in [-0.2, 0) is 36.9 Å². The third-order valence-electron chi connectivity index (χ3n) is 4.88. The van der Waals surface area contributed by atoms with Crippen LogP contribution in [0.4, 0.5) is 0 Å². The molecule has 1 aliphatic heterocycles. The normalized spacial score (nSPS) is 21.9. The molecule has 1 aromatic heterocycles. The molecule has 1 N–H and O–H groups in total. The van der Waals surface area contributed by atoms with Crippen LogP contribution in [0.25, 0.3) is 11.1 Å². The highest BCUT2D eigenvalue weighted by molar-refractivity contribution is 5.88. The highest BCUT2D eigenvalue weighted by atomic mass is 16.6. The Morgan fingerprint density at radius 1 is 0.812 bits per heavy atom. The number of benzene rings is 1. The van der Waals surface area contributed by atoms with Gasteiger partial charge in [0, 0.05) is 0 Å². The van der Waals surface area contributed by atoms with Gasteiger partial charge in [-0.3, -0.25) is 4.98 Å². The standard InChI is InChI=1S/C24H31NO7/c1-17-13-29-9-7-28-8-10-30-14-18(2)32-16-23-12-21(11-22(25-23)15-31-17)19-3-5-20(6-4-19)24(26)27/h3-6,11-12,17-18H,7-10,13-16H2,1-2H3,(H,26,27)/t17-,18-/m0/s1. The third-order valence-corrected chi connectivity index (χ3v) is 4.88. The summed E-state index contributed by atoms with van der Waals surface area (Å²) in [6, 6.07) is 10.7. The lowest BCUT2D eigenvalue weighted by Crippen LogP contribution is -2.20. The van der Waals surface area contributed by atoms with E-state index < -0.39 is 5.97 Å². The molecule has 3 rings (SSSR count). The first kappa shape index (κ1) is 24.3. The summed E-state index contributed by atoms with van der Waals surface area (Å²) in [5, 5.41) is 9.15. The van der Waals surface area contributed by atoms with Gasteiger partial charge in [0.2, 0.25) is 0 Å². The van der Waals surface area contributed by atoms with Gasteiger partial charge in [0.15, 0.2) is 0 Å². The Labute approximate surface area is 188 Å². The van der Waals surface area contributed by atoms with Gasteiger partial charge in [-0.25, -0.2) is 4.79 Å². The molecule has 1 aromatic carbocycles. The summed E-state index contributed by atoms with van der Waals surface area (Å²) in [7, 11) is 0. The summed E-state index contributed by atoms with van der Waals surface area (Å²) in [4.78, 5) is 15.8. The van der Waals surface area contributed by atoms with Crippen molar-refractivity contribution in [2.24, 2.45) is 0 Å². The number of hydrogen-bond donors (Lipinski definition) is 1. The molecule has 174 valence electrons. The van der Waals surface area contributed by atoms with Crippen LogP contribution in [0.1, 0.15) is 35.6 Å². The van der Waals surface area contributed by atoms with Crippen LogP contribution < -0.4 is 0 Å². The molecule has 2 heterocycles. The molecule has 2 atom stereocenters. The maximum Gasteiger partial charge on any atom is 0.335 e. The average molecular weight is 446 g/mol. The molecule has 0 aliphatic carbocycles. The minimum absolute atomic E-state index is 0.0998. The van der Waals surface area contributed by atoms with E-state index in [1.165, 1.54) is 0 Å². The van der Waals surface area contributed by atoms with Crippen molar-refractivity contribution in [1.29, 1.82) is 0 Å². The maximum atomic E-state index is 11.2. The van der Waals surface area contributed by atoms with Crippen LogP contribution in [0.2, 0.25) is 0 Å². The Morgan fingerprint density at radius 3 is 1.81 bits per heavy atom. The number of hydrogen-bond acceptors (Lipinski definition) is 7. The minimum Gasteiger partial charge on any atom is -0.478 e. The van der Waals surface area contributed by atoms with E-state index in [1.807, 2.05) is 26.0 Å². The Balaban J connectivity index is 1.78. The van der Waals surface area contributed by atoms with Gasteiger partial charge in [0.05, 0.1) is 82.0 Å². The lowest BCUT2D eigenvalue weighted by Gasteiger charge is -2.17.